The van der Waals surface area contributed by atoms with Crippen LogP contribution in [0.1, 0.15) is 17.2 Å². The molecule has 1 N–H and O–H groups in total. The fourth-order valence-corrected chi connectivity index (χ4v) is 4.14. The van der Waals surface area contributed by atoms with Gasteiger partial charge >= 0.3 is 6.18 Å². The molecule has 0 saturated carbocycles. The summed E-state index contributed by atoms with van der Waals surface area (Å²) in [6.07, 6.45) is -3.09. The minimum Gasteiger partial charge on any atom is -0.378 e. The van der Waals surface area contributed by atoms with E-state index in [2.05, 4.69) is 25.4 Å². The second-order valence-corrected chi connectivity index (χ2v) is 8.54. The van der Waals surface area contributed by atoms with Gasteiger partial charge in [0, 0.05) is 36.2 Å². The Morgan fingerprint density at radius 2 is 1.76 bits per heavy atom. The van der Waals surface area contributed by atoms with Crippen LogP contribution in [0, 0.1) is 19.7 Å². The van der Waals surface area contributed by atoms with Gasteiger partial charge in [0.2, 0.25) is 5.95 Å². The second-order valence-electron chi connectivity index (χ2n) is 8.54. The normalized spacial score (nSPS) is 14.2. The van der Waals surface area contributed by atoms with Gasteiger partial charge in [-0.3, -0.25) is 0 Å². The van der Waals surface area contributed by atoms with Crippen LogP contribution in [0.25, 0.3) is 16.9 Å². The summed E-state index contributed by atoms with van der Waals surface area (Å²) in [5.41, 5.74) is 0.863. The van der Waals surface area contributed by atoms with Crippen molar-refractivity contribution in [3.05, 3.63) is 71.7 Å². The lowest BCUT2D eigenvalue weighted by molar-refractivity contribution is -0.137. The van der Waals surface area contributed by atoms with Crippen LogP contribution < -0.4 is 10.2 Å². The number of nitrogens with zero attached hydrogens (tertiary/aromatic N) is 6. The van der Waals surface area contributed by atoms with Crippen LogP contribution in [0.4, 0.5) is 34.9 Å². The van der Waals surface area contributed by atoms with E-state index in [0.717, 1.165) is 12.1 Å². The third-order valence-electron chi connectivity index (χ3n) is 5.88. The number of halogens is 4. The lowest BCUT2D eigenvalue weighted by atomic mass is 10.0. The van der Waals surface area contributed by atoms with Gasteiger partial charge in [-0.2, -0.15) is 18.3 Å². The summed E-state index contributed by atoms with van der Waals surface area (Å²) in [6, 6.07) is 9.84. The number of morpholine rings is 1. The number of anilines is 3. The van der Waals surface area contributed by atoms with E-state index in [1.54, 1.807) is 32.0 Å². The number of ether oxygens (including phenoxy) is 1. The van der Waals surface area contributed by atoms with Gasteiger partial charge in [-0.25, -0.2) is 24.0 Å². The third kappa shape index (κ3) is 5.38. The molecule has 37 heavy (non-hydrogen) atoms. The number of hydrogen-bond acceptors (Lipinski definition) is 7. The highest BCUT2D eigenvalue weighted by Crippen LogP contribution is 2.36. The Kier molecular flexibility index (Phi) is 6.50. The van der Waals surface area contributed by atoms with E-state index in [4.69, 9.17) is 4.74 Å². The van der Waals surface area contributed by atoms with E-state index in [1.165, 1.54) is 23.0 Å². The van der Waals surface area contributed by atoms with Crippen LogP contribution in [0.15, 0.2) is 48.7 Å². The number of rotatable bonds is 5. The third-order valence-corrected chi connectivity index (χ3v) is 5.88. The number of alkyl halides is 3. The first kappa shape index (κ1) is 24.6. The van der Waals surface area contributed by atoms with E-state index < -0.39 is 17.6 Å². The fraction of sp³-hybridized carbons (Fsp3) is 0.280. The van der Waals surface area contributed by atoms with Crippen molar-refractivity contribution < 1.29 is 22.3 Å². The summed E-state index contributed by atoms with van der Waals surface area (Å²) in [7, 11) is 0. The topological polar surface area (TPSA) is 81.0 Å². The molecule has 0 atom stereocenters. The molecule has 1 aliphatic heterocycles. The number of aromatic nitrogens is 5. The monoisotopic (exact) mass is 513 g/mol. The first-order valence-electron chi connectivity index (χ1n) is 11.5. The molecule has 0 aliphatic carbocycles. The molecule has 1 fully saturated rings. The predicted molar refractivity (Wildman–Crippen MR) is 130 cm³/mol. The molecule has 2 aromatic heterocycles. The molecule has 192 valence electrons. The quantitative estimate of drug-likeness (QED) is 0.373. The molecule has 0 unspecified atom stereocenters. The zero-order chi connectivity index (χ0) is 26.2. The number of nitrogens with one attached hydrogen (secondary N) is 1. The molecule has 1 saturated heterocycles. The molecule has 4 aromatic rings. The predicted octanol–water partition coefficient (Wildman–Crippen LogP) is 5.08. The zero-order valence-electron chi connectivity index (χ0n) is 20.1. The molecule has 0 radical (unpaired) electrons. The second kappa shape index (κ2) is 9.77. The maximum Gasteiger partial charge on any atom is 0.416 e. The van der Waals surface area contributed by atoms with Gasteiger partial charge in [0.05, 0.1) is 24.5 Å². The molecule has 2 aromatic carbocycles. The molecular weight excluding hydrogens is 490 g/mol. The Morgan fingerprint density at radius 1 is 0.973 bits per heavy atom. The highest BCUT2D eigenvalue weighted by Gasteiger charge is 2.32. The zero-order valence-corrected chi connectivity index (χ0v) is 20.1. The van der Waals surface area contributed by atoms with Gasteiger partial charge in [0.1, 0.15) is 17.3 Å². The molecule has 8 nitrogen and oxygen atoms in total. The summed E-state index contributed by atoms with van der Waals surface area (Å²) >= 11 is 0. The molecule has 1 aliphatic rings. The molecule has 0 amide bonds. The molecule has 0 bridgehead atoms. The Morgan fingerprint density at radius 3 is 2.43 bits per heavy atom. The first-order valence-corrected chi connectivity index (χ1v) is 11.5. The van der Waals surface area contributed by atoms with Crippen LogP contribution in [-0.4, -0.2) is 51.0 Å². The van der Waals surface area contributed by atoms with Gasteiger partial charge < -0.3 is 15.0 Å². The highest BCUT2D eigenvalue weighted by molar-refractivity contribution is 5.69. The van der Waals surface area contributed by atoms with Crippen molar-refractivity contribution >= 4 is 17.3 Å². The Bertz CT molecular complexity index is 1430. The van der Waals surface area contributed by atoms with Crippen molar-refractivity contribution in [2.24, 2.45) is 0 Å². The maximum absolute atomic E-state index is 14.9. The van der Waals surface area contributed by atoms with E-state index in [1.807, 2.05) is 4.90 Å². The summed E-state index contributed by atoms with van der Waals surface area (Å²) in [6.45, 7) is 5.31. The van der Waals surface area contributed by atoms with E-state index in [0.29, 0.717) is 60.6 Å². The standard InChI is InChI=1S/C25H23F4N7O/c1-15-31-16(2)36(34-15)23-4-3-19(14-21(23)26)32-24-30-6-5-22(33-24)17-11-18(25(27,28)29)13-20(12-17)35-7-9-37-10-8-35/h3-6,11-14H,7-10H2,1-2H3,(H,30,32,33). The maximum atomic E-state index is 14.9. The van der Waals surface area contributed by atoms with Crippen LogP contribution in [0.5, 0.6) is 0 Å². The Hall–Kier alpha value is -4.06. The minimum atomic E-state index is -4.52. The summed E-state index contributed by atoms with van der Waals surface area (Å²) in [4.78, 5) is 14.6. The van der Waals surface area contributed by atoms with Crippen LogP contribution in [-0.2, 0) is 10.9 Å². The highest BCUT2D eigenvalue weighted by atomic mass is 19.4. The van der Waals surface area contributed by atoms with Gasteiger partial charge in [-0.15, -0.1) is 0 Å². The van der Waals surface area contributed by atoms with Crippen molar-refractivity contribution in [2.45, 2.75) is 20.0 Å². The van der Waals surface area contributed by atoms with E-state index >= 15 is 0 Å². The average Bonchev–Trinajstić information content (AvgIpc) is 3.21. The van der Waals surface area contributed by atoms with Crippen molar-refractivity contribution in [3.63, 3.8) is 0 Å². The number of benzene rings is 2. The largest absolute Gasteiger partial charge is 0.416 e. The van der Waals surface area contributed by atoms with Gasteiger partial charge in [0.15, 0.2) is 5.82 Å². The molecule has 5 rings (SSSR count). The van der Waals surface area contributed by atoms with Gasteiger partial charge in [-0.05, 0) is 56.3 Å². The average molecular weight is 513 g/mol. The molecule has 12 heteroatoms. The first-order chi connectivity index (χ1) is 17.7. The number of aryl methyl sites for hydroxylation is 2. The SMILES string of the molecule is Cc1nc(C)n(-c2ccc(Nc3nccc(-c4cc(N5CCOCC5)cc(C(F)(F)F)c4)n3)cc2F)n1. The van der Waals surface area contributed by atoms with Crippen LogP contribution >= 0.6 is 0 Å². The smallest absolute Gasteiger partial charge is 0.378 e. The Labute approximate surface area is 210 Å². The lowest BCUT2D eigenvalue weighted by Crippen LogP contribution is -2.36. The lowest BCUT2D eigenvalue weighted by Gasteiger charge is -2.29. The van der Waals surface area contributed by atoms with Crippen LogP contribution in [0.3, 0.4) is 0 Å². The number of hydrogen-bond donors (Lipinski definition) is 1. The summed E-state index contributed by atoms with van der Waals surface area (Å²) in [5, 5.41) is 7.11. The van der Waals surface area contributed by atoms with Gasteiger partial charge in [-0.1, -0.05) is 0 Å². The van der Waals surface area contributed by atoms with Crippen molar-refractivity contribution in [3.8, 4) is 16.9 Å². The van der Waals surface area contributed by atoms with Crippen molar-refractivity contribution in [2.75, 3.05) is 36.5 Å². The Balaban J connectivity index is 1.44. The summed E-state index contributed by atoms with van der Waals surface area (Å²) in [5.74, 6) is 0.645. The molecule has 3 heterocycles. The van der Waals surface area contributed by atoms with Crippen molar-refractivity contribution in [1.82, 2.24) is 24.7 Å². The van der Waals surface area contributed by atoms with E-state index in [9.17, 15) is 17.6 Å². The fourth-order valence-electron chi connectivity index (χ4n) is 4.14. The van der Waals surface area contributed by atoms with Gasteiger partial charge in [0.25, 0.3) is 0 Å². The molecule has 0 spiro atoms. The van der Waals surface area contributed by atoms with Crippen LogP contribution in [0.2, 0.25) is 0 Å². The van der Waals surface area contributed by atoms with E-state index in [-0.39, 0.29) is 11.6 Å². The minimum absolute atomic E-state index is 0.114. The molecular formula is C25H23F4N7O. The summed E-state index contributed by atoms with van der Waals surface area (Å²) < 4.78 is 62.6. The van der Waals surface area contributed by atoms with Crippen molar-refractivity contribution in [1.29, 1.82) is 0 Å².